The molecule has 0 unspecified atom stereocenters. The molecule has 3 amide bonds. The van der Waals surface area contributed by atoms with Gasteiger partial charge in [0.05, 0.1) is 0 Å². The van der Waals surface area contributed by atoms with Gasteiger partial charge in [0.1, 0.15) is 0 Å². The number of hydrogen-bond donors (Lipinski definition) is 2. The molecule has 0 saturated heterocycles. The number of nitrogens with one attached hydrogen (secondary N) is 2. The van der Waals surface area contributed by atoms with E-state index in [2.05, 4.69) is 17.6 Å². The fourth-order valence-electron chi connectivity index (χ4n) is 2.82. The number of urea groups is 1. The Hall–Kier alpha value is -2.34. The number of benzene rings is 1. The van der Waals surface area contributed by atoms with Crippen LogP contribution in [0.3, 0.4) is 0 Å². The molecule has 0 bridgehead atoms. The first-order valence-corrected chi connectivity index (χ1v) is 9.02. The van der Waals surface area contributed by atoms with Gasteiger partial charge in [-0.25, -0.2) is 9.59 Å². The van der Waals surface area contributed by atoms with Gasteiger partial charge in [0.15, 0.2) is 6.61 Å². The summed E-state index contributed by atoms with van der Waals surface area (Å²) in [4.78, 5) is 35.2. The van der Waals surface area contributed by atoms with Gasteiger partial charge in [-0.2, -0.15) is 0 Å². The Labute approximate surface area is 157 Å². The zero-order valence-corrected chi connectivity index (χ0v) is 15.4. The molecule has 2 N–H and O–H groups in total. The van der Waals surface area contributed by atoms with Crippen LogP contribution >= 0.6 is 11.6 Å². The lowest BCUT2D eigenvalue weighted by Gasteiger charge is -2.29. The number of halogens is 1. The minimum atomic E-state index is -0.670. The number of carbonyl (C=O) groups excluding carboxylic acids is 3. The summed E-state index contributed by atoms with van der Waals surface area (Å²) in [6, 6.07) is 6.41. The van der Waals surface area contributed by atoms with Gasteiger partial charge in [-0.05, 0) is 42.5 Å². The normalized spacial score (nSPS) is 19.8. The van der Waals surface area contributed by atoms with Crippen LogP contribution < -0.4 is 10.6 Å². The molecule has 1 aromatic rings. The van der Waals surface area contributed by atoms with E-state index in [4.69, 9.17) is 16.3 Å². The summed E-state index contributed by atoms with van der Waals surface area (Å²) in [5, 5.41) is 5.58. The van der Waals surface area contributed by atoms with E-state index in [1.807, 2.05) is 0 Å². The monoisotopic (exact) mass is 378 g/mol. The minimum absolute atomic E-state index is 0.0707. The van der Waals surface area contributed by atoms with Crippen molar-refractivity contribution in [3.05, 3.63) is 40.9 Å². The molecule has 140 valence electrons. The Morgan fingerprint density at radius 3 is 2.58 bits per heavy atom. The van der Waals surface area contributed by atoms with Gasteiger partial charge in [-0.3, -0.25) is 10.1 Å². The zero-order chi connectivity index (χ0) is 18.9. The second kappa shape index (κ2) is 9.97. The van der Waals surface area contributed by atoms with Crippen LogP contribution in [0.2, 0.25) is 5.02 Å². The highest BCUT2D eigenvalue weighted by Crippen LogP contribution is 2.23. The number of amides is 3. The van der Waals surface area contributed by atoms with Crippen LogP contribution in [0.1, 0.15) is 38.2 Å². The van der Waals surface area contributed by atoms with Crippen molar-refractivity contribution in [1.29, 1.82) is 0 Å². The zero-order valence-electron chi connectivity index (χ0n) is 14.7. The molecular weight excluding hydrogens is 356 g/mol. The number of esters is 1. The fourth-order valence-corrected chi connectivity index (χ4v) is 2.95. The van der Waals surface area contributed by atoms with Crippen molar-refractivity contribution in [3.63, 3.8) is 0 Å². The molecule has 0 heterocycles. The summed E-state index contributed by atoms with van der Waals surface area (Å²) < 4.78 is 4.82. The molecule has 2 atom stereocenters. The Balaban J connectivity index is 1.69. The average Bonchev–Trinajstić information content (AvgIpc) is 2.61. The maximum absolute atomic E-state index is 11.8. The van der Waals surface area contributed by atoms with Crippen LogP contribution in [0.15, 0.2) is 30.3 Å². The lowest BCUT2D eigenvalue weighted by atomic mass is 9.86. The van der Waals surface area contributed by atoms with E-state index in [0.717, 1.165) is 24.8 Å². The largest absolute Gasteiger partial charge is 0.452 e. The fraction of sp³-hybridized carbons (Fsp3) is 0.421. The van der Waals surface area contributed by atoms with E-state index in [1.54, 1.807) is 30.3 Å². The third-order valence-electron chi connectivity index (χ3n) is 4.31. The van der Waals surface area contributed by atoms with Gasteiger partial charge in [-0.15, -0.1) is 0 Å². The van der Waals surface area contributed by atoms with Crippen molar-refractivity contribution in [1.82, 2.24) is 10.6 Å². The van der Waals surface area contributed by atoms with Crippen LogP contribution in [-0.2, 0) is 14.3 Å². The highest BCUT2D eigenvalue weighted by Gasteiger charge is 2.23. The van der Waals surface area contributed by atoms with E-state index >= 15 is 0 Å². The molecule has 2 rings (SSSR count). The summed E-state index contributed by atoms with van der Waals surface area (Å²) in [5.74, 6) is -0.948. The molecule has 6 nitrogen and oxygen atoms in total. The predicted molar refractivity (Wildman–Crippen MR) is 99.5 cm³/mol. The predicted octanol–water partition coefficient (Wildman–Crippen LogP) is 3.30. The lowest BCUT2D eigenvalue weighted by Crippen LogP contribution is -2.48. The quantitative estimate of drug-likeness (QED) is 0.608. The summed E-state index contributed by atoms with van der Waals surface area (Å²) in [5.41, 5.74) is 0.775. The maximum Gasteiger partial charge on any atom is 0.331 e. The van der Waals surface area contributed by atoms with Crippen molar-refractivity contribution in [3.8, 4) is 0 Å². The number of hydrogen-bond acceptors (Lipinski definition) is 4. The Morgan fingerprint density at radius 1 is 1.19 bits per heavy atom. The van der Waals surface area contributed by atoms with Gasteiger partial charge in [0.25, 0.3) is 5.91 Å². The van der Waals surface area contributed by atoms with Crippen LogP contribution in [0.5, 0.6) is 0 Å². The molecule has 0 aromatic heterocycles. The molecule has 1 saturated carbocycles. The van der Waals surface area contributed by atoms with E-state index < -0.39 is 24.5 Å². The molecule has 1 fully saturated rings. The van der Waals surface area contributed by atoms with Crippen molar-refractivity contribution in [2.75, 3.05) is 6.61 Å². The third-order valence-corrected chi connectivity index (χ3v) is 4.56. The molecule has 0 spiro atoms. The number of imide groups is 1. The number of rotatable bonds is 5. The van der Waals surface area contributed by atoms with Crippen molar-refractivity contribution in [2.45, 2.75) is 38.6 Å². The molecule has 0 aliphatic heterocycles. The first-order chi connectivity index (χ1) is 12.4. The van der Waals surface area contributed by atoms with Crippen LogP contribution in [0, 0.1) is 5.92 Å². The van der Waals surface area contributed by atoms with Crippen molar-refractivity contribution >= 4 is 35.6 Å². The molecular formula is C19H23ClN2O4. The summed E-state index contributed by atoms with van der Waals surface area (Å²) in [6.45, 7) is 1.57. The van der Waals surface area contributed by atoms with E-state index in [0.29, 0.717) is 10.9 Å². The second-order valence-corrected chi connectivity index (χ2v) is 6.82. The topological polar surface area (TPSA) is 84.5 Å². The molecule has 0 radical (unpaired) electrons. The minimum Gasteiger partial charge on any atom is -0.452 e. The van der Waals surface area contributed by atoms with Crippen molar-refractivity contribution < 1.29 is 19.1 Å². The van der Waals surface area contributed by atoms with E-state index in [1.165, 1.54) is 12.5 Å². The van der Waals surface area contributed by atoms with Crippen LogP contribution in [0.4, 0.5) is 4.79 Å². The summed E-state index contributed by atoms with van der Waals surface area (Å²) >= 11 is 5.78. The van der Waals surface area contributed by atoms with Crippen LogP contribution in [0.25, 0.3) is 6.08 Å². The summed E-state index contributed by atoms with van der Waals surface area (Å²) in [7, 11) is 0. The lowest BCUT2D eigenvalue weighted by molar-refractivity contribution is -0.143. The second-order valence-electron chi connectivity index (χ2n) is 6.38. The van der Waals surface area contributed by atoms with E-state index in [9.17, 15) is 14.4 Å². The smallest absolute Gasteiger partial charge is 0.331 e. The van der Waals surface area contributed by atoms with Gasteiger partial charge in [0, 0.05) is 17.1 Å². The van der Waals surface area contributed by atoms with E-state index in [-0.39, 0.29) is 6.04 Å². The van der Waals surface area contributed by atoms with Gasteiger partial charge in [-0.1, -0.05) is 43.5 Å². The maximum atomic E-state index is 11.8. The SMILES string of the molecule is C[C@@H]1CCCC[C@H]1NC(=O)NC(=O)COC(=O)/C=C/c1ccc(Cl)cc1. The van der Waals surface area contributed by atoms with Crippen molar-refractivity contribution in [2.24, 2.45) is 5.92 Å². The standard InChI is InChI=1S/C19H23ClN2O4/c1-13-4-2-3-5-16(13)21-19(25)22-17(23)12-26-18(24)11-8-14-6-9-15(20)10-7-14/h6-11,13,16H,2-5,12H2,1H3,(H2,21,22,23,25)/b11-8+/t13-,16-/m1/s1. The Morgan fingerprint density at radius 2 is 1.88 bits per heavy atom. The molecule has 1 aliphatic carbocycles. The Kier molecular flexibility index (Phi) is 7.66. The van der Waals surface area contributed by atoms with Gasteiger partial charge >= 0.3 is 12.0 Å². The molecule has 26 heavy (non-hydrogen) atoms. The molecule has 1 aliphatic rings. The molecule has 1 aromatic carbocycles. The van der Waals surface area contributed by atoms with Crippen LogP contribution in [-0.4, -0.2) is 30.6 Å². The first kappa shape index (κ1) is 20.0. The first-order valence-electron chi connectivity index (χ1n) is 8.65. The highest BCUT2D eigenvalue weighted by molar-refractivity contribution is 6.30. The summed E-state index contributed by atoms with van der Waals surface area (Å²) in [6.07, 6.45) is 6.97. The third kappa shape index (κ3) is 6.88. The van der Waals surface area contributed by atoms with Gasteiger partial charge < -0.3 is 10.1 Å². The average molecular weight is 379 g/mol. The number of carbonyl (C=O) groups is 3. The highest BCUT2D eigenvalue weighted by atomic mass is 35.5. The Bertz CT molecular complexity index is 673. The molecule has 7 heteroatoms. The number of ether oxygens (including phenoxy) is 1. The van der Waals surface area contributed by atoms with Gasteiger partial charge in [0.2, 0.25) is 0 Å².